The molecule has 0 amide bonds. The SMILES string of the molecule is C=C(C)C(=O)OCCCCCCOc1ccc(N=Cc2ccccc2)cc1. The lowest BCUT2D eigenvalue weighted by Crippen LogP contribution is -2.06. The first-order valence-electron chi connectivity index (χ1n) is 9.30. The Morgan fingerprint density at radius 2 is 1.63 bits per heavy atom. The molecule has 0 saturated carbocycles. The van der Waals surface area contributed by atoms with E-state index in [1.807, 2.05) is 60.8 Å². The molecule has 0 atom stereocenters. The summed E-state index contributed by atoms with van der Waals surface area (Å²) in [6, 6.07) is 17.8. The van der Waals surface area contributed by atoms with Crippen LogP contribution >= 0.6 is 0 Å². The van der Waals surface area contributed by atoms with Crippen molar-refractivity contribution < 1.29 is 14.3 Å². The van der Waals surface area contributed by atoms with Gasteiger partial charge in [-0.15, -0.1) is 0 Å². The minimum Gasteiger partial charge on any atom is -0.494 e. The van der Waals surface area contributed by atoms with Gasteiger partial charge in [0.05, 0.1) is 18.9 Å². The molecule has 2 aromatic carbocycles. The fraction of sp³-hybridized carbons (Fsp3) is 0.304. The van der Waals surface area contributed by atoms with Gasteiger partial charge in [-0.3, -0.25) is 4.99 Å². The van der Waals surface area contributed by atoms with Crippen LogP contribution in [0.25, 0.3) is 0 Å². The van der Waals surface area contributed by atoms with E-state index in [1.54, 1.807) is 6.92 Å². The fourth-order valence-electron chi connectivity index (χ4n) is 2.35. The second-order valence-electron chi connectivity index (χ2n) is 6.34. The summed E-state index contributed by atoms with van der Waals surface area (Å²) in [4.78, 5) is 15.7. The lowest BCUT2D eigenvalue weighted by Gasteiger charge is -2.07. The van der Waals surface area contributed by atoms with Gasteiger partial charge in [0.15, 0.2) is 0 Å². The van der Waals surface area contributed by atoms with Crippen LogP contribution in [0.1, 0.15) is 38.2 Å². The molecule has 0 aliphatic carbocycles. The molecule has 0 heterocycles. The van der Waals surface area contributed by atoms with Crippen molar-refractivity contribution in [3.8, 4) is 5.75 Å². The first kappa shape index (κ1) is 20.4. The fourth-order valence-corrected chi connectivity index (χ4v) is 2.35. The number of rotatable bonds is 11. The Bertz CT molecular complexity index is 736. The van der Waals surface area contributed by atoms with Gasteiger partial charge >= 0.3 is 5.97 Å². The molecule has 4 heteroatoms. The molecular weight excluding hydrogens is 338 g/mol. The monoisotopic (exact) mass is 365 g/mol. The maximum Gasteiger partial charge on any atom is 0.333 e. The Kier molecular flexibility index (Phi) is 8.84. The molecule has 0 aromatic heterocycles. The summed E-state index contributed by atoms with van der Waals surface area (Å²) in [5, 5.41) is 0. The van der Waals surface area contributed by atoms with Crippen molar-refractivity contribution in [2.75, 3.05) is 13.2 Å². The van der Waals surface area contributed by atoms with Gasteiger partial charge in [0.1, 0.15) is 5.75 Å². The molecule has 0 bridgehead atoms. The Labute approximate surface area is 161 Å². The molecule has 0 N–H and O–H groups in total. The van der Waals surface area contributed by atoms with Crippen LogP contribution in [0.15, 0.2) is 71.7 Å². The third kappa shape index (κ3) is 8.36. The largest absolute Gasteiger partial charge is 0.494 e. The second kappa shape index (κ2) is 11.7. The highest BCUT2D eigenvalue weighted by Crippen LogP contribution is 2.18. The van der Waals surface area contributed by atoms with E-state index >= 15 is 0 Å². The molecule has 0 aliphatic rings. The number of hydrogen-bond acceptors (Lipinski definition) is 4. The third-order valence-electron chi connectivity index (χ3n) is 3.89. The van der Waals surface area contributed by atoms with Crippen molar-refractivity contribution >= 4 is 17.9 Å². The molecule has 4 nitrogen and oxygen atoms in total. The highest BCUT2D eigenvalue weighted by Gasteiger charge is 2.01. The van der Waals surface area contributed by atoms with Crippen molar-refractivity contribution in [2.45, 2.75) is 32.6 Å². The van der Waals surface area contributed by atoms with Crippen LogP contribution in [0.3, 0.4) is 0 Å². The molecule has 2 aromatic rings. The van der Waals surface area contributed by atoms with Crippen LogP contribution in [-0.4, -0.2) is 25.4 Å². The third-order valence-corrected chi connectivity index (χ3v) is 3.89. The standard InChI is InChI=1S/C23H27NO3/c1-19(2)23(25)27-17-9-4-3-8-16-26-22-14-12-21(13-15-22)24-18-20-10-6-5-7-11-20/h5-7,10-15,18H,1,3-4,8-9,16-17H2,2H3. The van der Waals surface area contributed by atoms with Gasteiger partial charge in [0.25, 0.3) is 0 Å². The number of ether oxygens (including phenoxy) is 2. The highest BCUT2D eigenvalue weighted by atomic mass is 16.5. The van der Waals surface area contributed by atoms with E-state index in [9.17, 15) is 4.79 Å². The van der Waals surface area contributed by atoms with Gasteiger partial charge in [-0.2, -0.15) is 0 Å². The van der Waals surface area contributed by atoms with Crippen LogP contribution in [0.4, 0.5) is 5.69 Å². The molecule has 0 saturated heterocycles. The summed E-state index contributed by atoms with van der Waals surface area (Å²) < 4.78 is 10.8. The molecule has 0 unspecified atom stereocenters. The summed E-state index contributed by atoms with van der Waals surface area (Å²) in [5.41, 5.74) is 2.42. The van der Waals surface area contributed by atoms with Crippen LogP contribution in [0.2, 0.25) is 0 Å². The zero-order valence-corrected chi connectivity index (χ0v) is 15.9. The Morgan fingerprint density at radius 1 is 0.963 bits per heavy atom. The predicted molar refractivity (Wildman–Crippen MR) is 110 cm³/mol. The Balaban J connectivity index is 1.58. The van der Waals surface area contributed by atoms with Gasteiger partial charge in [-0.1, -0.05) is 36.9 Å². The Morgan fingerprint density at radius 3 is 2.30 bits per heavy atom. The first-order valence-corrected chi connectivity index (χ1v) is 9.30. The smallest absolute Gasteiger partial charge is 0.333 e. The van der Waals surface area contributed by atoms with Gasteiger partial charge in [-0.25, -0.2) is 4.79 Å². The molecule has 2 rings (SSSR count). The van der Waals surface area contributed by atoms with Crippen molar-refractivity contribution in [3.05, 3.63) is 72.3 Å². The van der Waals surface area contributed by atoms with Crippen LogP contribution in [0, 0.1) is 0 Å². The van der Waals surface area contributed by atoms with Crippen molar-refractivity contribution in [3.63, 3.8) is 0 Å². The topological polar surface area (TPSA) is 47.9 Å². The number of carbonyl (C=O) groups excluding carboxylic acids is 1. The van der Waals surface area contributed by atoms with Gasteiger partial charge in [0.2, 0.25) is 0 Å². The molecule has 27 heavy (non-hydrogen) atoms. The number of hydrogen-bond donors (Lipinski definition) is 0. The van der Waals surface area contributed by atoms with Crippen LogP contribution in [0.5, 0.6) is 5.75 Å². The van der Waals surface area contributed by atoms with E-state index in [0.717, 1.165) is 42.7 Å². The van der Waals surface area contributed by atoms with Crippen LogP contribution < -0.4 is 4.74 Å². The normalized spacial score (nSPS) is 10.7. The maximum atomic E-state index is 11.2. The number of carbonyl (C=O) groups is 1. The minimum absolute atomic E-state index is 0.310. The average molecular weight is 365 g/mol. The number of esters is 1. The zero-order valence-electron chi connectivity index (χ0n) is 15.9. The lowest BCUT2D eigenvalue weighted by atomic mass is 10.2. The molecule has 0 radical (unpaired) electrons. The van der Waals surface area contributed by atoms with E-state index in [-0.39, 0.29) is 5.97 Å². The summed E-state index contributed by atoms with van der Waals surface area (Å²) in [6.45, 7) is 6.34. The predicted octanol–water partition coefficient (Wildman–Crippen LogP) is 5.50. The average Bonchev–Trinajstić information content (AvgIpc) is 2.69. The molecule has 0 spiro atoms. The first-order chi connectivity index (χ1) is 13.1. The van der Waals surface area contributed by atoms with E-state index in [0.29, 0.717) is 18.8 Å². The number of unbranched alkanes of at least 4 members (excludes halogenated alkanes) is 3. The van der Waals surface area contributed by atoms with E-state index in [1.165, 1.54) is 0 Å². The minimum atomic E-state index is -0.310. The second-order valence-corrected chi connectivity index (χ2v) is 6.34. The van der Waals surface area contributed by atoms with Gasteiger partial charge in [-0.05, 0) is 62.4 Å². The summed E-state index contributed by atoms with van der Waals surface area (Å²) in [5.74, 6) is 0.541. The number of benzene rings is 2. The van der Waals surface area contributed by atoms with E-state index < -0.39 is 0 Å². The van der Waals surface area contributed by atoms with Crippen molar-refractivity contribution in [1.29, 1.82) is 0 Å². The van der Waals surface area contributed by atoms with E-state index in [2.05, 4.69) is 11.6 Å². The summed E-state index contributed by atoms with van der Waals surface area (Å²) in [7, 11) is 0. The maximum absolute atomic E-state index is 11.2. The Hall–Kier alpha value is -2.88. The quantitative estimate of drug-likeness (QED) is 0.229. The molecule has 0 fully saturated rings. The number of nitrogens with zero attached hydrogens (tertiary/aromatic N) is 1. The molecule has 142 valence electrons. The molecular formula is C23H27NO3. The lowest BCUT2D eigenvalue weighted by molar-refractivity contribution is -0.139. The van der Waals surface area contributed by atoms with Crippen molar-refractivity contribution in [2.24, 2.45) is 4.99 Å². The van der Waals surface area contributed by atoms with Crippen LogP contribution in [-0.2, 0) is 9.53 Å². The summed E-state index contributed by atoms with van der Waals surface area (Å²) >= 11 is 0. The molecule has 0 aliphatic heterocycles. The van der Waals surface area contributed by atoms with Crippen molar-refractivity contribution in [1.82, 2.24) is 0 Å². The van der Waals surface area contributed by atoms with Gasteiger partial charge in [0, 0.05) is 11.8 Å². The summed E-state index contributed by atoms with van der Waals surface area (Å²) in [6.07, 6.45) is 5.75. The highest BCUT2D eigenvalue weighted by molar-refractivity contribution is 5.86. The number of aliphatic imine (C=N–C) groups is 1. The van der Waals surface area contributed by atoms with Gasteiger partial charge < -0.3 is 9.47 Å². The van der Waals surface area contributed by atoms with E-state index in [4.69, 9.17) is 9.47 Å². The zero-order chi connectivity index (χ0) is 19.3.